The molecule has 6 rings (SSSR count). The molecule has 0 aromatic heterocycles. The topological polar surface area (TPSA) is 370 Å². The summed E-state index contributed by atoms with van der Waals surface area (Å²) < 4.78 is 15.4. The quantitative estimate of drug-likeness (QED) is 0.00678. The van der Waals surface area contributed by atoms with Gasteiger partial charge in [0.2, 0.25) is 0 Å². The molecule has 472 valence electrons. The van der Waals surface area contributed by atoms with E-state index in [9.17, 15) is 43.2 Å². The van der Waals surface area contributed by atoms with Crippen molar-refractivity contribution in [2.24, 2.45) is 23.2 Å². The molecule has 6 aromatic carbocycles. The summed E-state index contributed by atoms with van der Waals surface area (Å²) in [5, 5.41) is 30.9. The number of amides is 2. The van der Waals surface area contributed by atoms with Crippen LogP contribution in [0.25, 0.3) is 0 Å². The van der Waals surface area contributed by atoms with Crippen LogP contribution in [0.1, 0.15) is 162 Å². The molecule has 21 nitrogen and oxygen atoms in total. The fourth-order valence-corrected chi connectivity index (χ4v) is 7.69. The molecule has 6 aromatic rings. The summed E-state index contributed by atoms with van der Waals surface area (Å²) in [4.78, 5) is 105. The summed E-state index contributed by atoms with van der Waals surface area (Å²) in [5.41, 5.74) is 18.5. The maximum atomic E-state index is 12.2. The Bertz CT molecular complexity index is 3040. The van der Waals surface area contributed by atoms with E-state index in [4.69, 9.17) is 52.6 Å². The number of hydrogen-bond acceptors (Lipinski definition) is 19. The highest BCUT2D eigenvalue weighted by molar-refractivity contribution is 6.67. The summed E-state index contributed by atoms with van der Waals surface area (Å²) >= 11 is 5.21. The number of carbonyl (C=O) groups is 9. The van der Waals surface area contributed by atoms with Crippen LogP contribution in [0.2, 0.25) is 0 Å². The molecule has 0 radical (unpaired) electrons. The van der Waals surface area contributed by atoms with Crippen LogP contribution in [0.15, 0.2) is 146 Å². The van der Waals surface area contributed by atoms with Crippen molar-refractivity contribution in [3.8, 4) is 0 Å². The van der Waals surface area contributed by atoms with E-state index in [0.717, 1.165) is 16.7 Å². The first-order valence-electron chi connectivity index (χ1n) is 28.2. The second-order valence-electron chi connectivity index (χ2n) is 19.0. The van der Waals surface area contributed by atoms with E-state index in [2.05, 4.69) is 22.3 Å². The molecule has 88 heavy (non-hydrogen) atoms. The van der Waals surface area contributed by atoms with Crippen molar-refractivity contribution < 1.29 is 72.7 Å². The van der Waals surface area contributed by atoms with Crippen LogP contribution in [0.3, 0.4) is 0 Å². The number of Topliss-reactive ketones (excluding diaryl/α,β-unsaturated/α-hetero) is 6. The Morgan fingerprint density at radius 2 is 0.636 bits per heavy atom. The number of ether oxygens (including phenoxy) is 3. The monoisotopic (exact) mass is 1230 g/mol. The van der Waals surface area contributed by atoms with E-state index in [0.29, 0.717) is 135 Å². The Labute approximate surface area is 518 Å². The predicted octanol–water partition coefficient (Wildman–Crippen LogP) is 6.72. The van der Waals surface area contributed by atoms with E-state index in [1.165, 1.54) is 26.0 Å². The lowest BCUT2D eigenvalue weighted by Crippen LogP contribution is -2.23. The molecule has 0 spiro atoms. The third-order valence-electron chi connectivity index (χ3n) is 12.5. The molecule has 0 saturated carbocycles. The van der Waals surface area contributed by atoms with Gasteiger partial charge in [0.05, 0.1) is 46.2 Å². The highest BCUT2D eigenvalue weighted by Gasteiger charge is 2.12. The van der Waals surface area contributed by atoms with E-state index in [1.54, 1.807) is 109 Å². The van der Waals surface area contributed by atoms with Gasteiger partial charge in [-0.05, 0) is 97.8 Å². The lowest BCUT2D eigenvalue weighted by Gasteiger charge is -2.07. The van der Waals surface area contributed by atoms with Crippen molar-refractivity contribution in [3.63, 3.8) is 0 Å². The lowest BCUT2D eigenvalue weighted by atomic mass is 10.0. The van der Waals surface area contributed by atoms with Crippen molar-refractivity contribution in [2.45, 2.75) is 72.0 Å². The predicted molar refractivity (Wildman–Crippen MR) is 335 cm³/mol. The van der Waals surface area contributed by atoms with E-state index in [1.807, 2.05) is 24.3 Å². The minimum Gasteiger partial charge on any atom is -0.394 e. The van der Waals surface area contributed by atoms with Gasteiger partial charge in [0, 0.05) is 109 Å². The SMILES string of the molecule is CC(=O)c1ccc(C(=O)Cl)cc1.CC(=O)c1ccc(C(=O)NCc2ccc(C(=O)CCCOCCO)cc2)cc1.NCC(=O)c1ccc(C(=O)NCc2ccc(C(=O)CCCOCCO)cc2)cc1.NCc1ccc(C(=O)CCCOCCO)cc1.NN. The average molecular weight is 1230 g/mol. The molecule has 0 heterocycles. The van der Waals surface area contributed by atoms with E-state index in [-0.39, 0.29) is 86.1 Å². The first-order valence-corrected chi connectivity index (χ1v) is 28.6. The molecule has 0 fully saturated rings. The Kier molecular flexibility index (Phi) is 39.0. The van der Waals surface area contributed by atoms with Gasteiger partial charge < -0.3 is 51.6 Å². The Morgan fingerprint density at radius 3 is 0.909 bits per heavy atom. The molecule has 22 heteroatoms. The number of rotatable bonds is 33. The van der Waals surface area contributed by atoms with Gasteiger partial charge in [-0.1, -0.05) is 109 Å². The third kappa shape index (κ3) is 30.5. The van der Waals surface area contributed by atoms with Gasteiger partial charge in [-0.15, -0.1) is 0 Å². The molecule has 0 saturated heterocycles. The highest BCUT2D eigenvalue weighted by atomic mass is 35.5. The van der Waals surface area contributed by atoms with Gasteiger partial charge >= 0.3 is 0 Å². The molecular weight excluding hydrogens is 1150 g/mol. The largest absolute Gasteiger partial charge is 0.394 e. The minimum atomic E-state index is -0.509. The number of aliphatic hydroxyl groups is 3. The van der Waals surface area contributed by atoms with Gasteiger partial charge in [0.25, 0.3) is 17.1 Å². The zero-order valence-electron chi connectivity index (χ0n) is 49.7. The smallest absolute Gasteiger partial charge is 0.252 e. The van der Waals surface area contributed by atoms with Crippen molar-refractivity contribution in [3.05, 3.63) is 212 Å². The van der Waals surface area contributed by atoms with Crippen LogP contribution in [-0.2, 0) is 33.8 Å². The molecule has 0 aliphatic carbocycles. The summed E-state index contributed by atoms with van der Waals surface area (Å²) in [6.45, 7) is 6.32. The fourth-order valence-electron chi connectivity index (χ4n) is 7.57. The zero-order valence-corrected chi connectivity index (χ0v) is 50.5. The molecule has 0 unspecified atom stereocenters. The van der Waals surface area contributed by atoms with Crippen LogP contribution >= 0.6 is 11.6 Å². The summed E-state index contributed by atoms with van der Waals surface area (Å²) in [6, 6.07) is 40.7. The van der Waals surface area contributed by atoms with Gasteiger partial charge in [-0.25, -0.2) is 0 Å². The molecule has 0 bridgehead atoms. The number of ketones is 6. The van der Waals surface area contributed by atoms with Gasteiger partial charge in [-0.3, -0.25) is 54.8 Å². The molecule has 0 aliphatic rings. The van der Waals surface area contributed by atoms with Crippen LogP contribution in [0.5, 0.6) is 0 Å². The Balaban J connectivity index is 0.000000416. The number of nitrogens with one attached hydrogen (secondary N) is 2. The number of hydrazine groups is 1. The first-order chi connectivity index (χ1) is 42.4. The number of carbonyl (C=O) groups excluding carboxylic acids is 9. The van der Waals surface area contributed by atoms with Crippen molar-refractivity contribution in [1.29, 1.82) is 0 Å². The Morgan fingerprint density at radius 1 is 0.375 bits per heavy atom. The second kappa shape index (κ2) is 45.2. The van der Waals surface area contributed by atoms with Crippen molar-refractivity contribution >= 4 is 63.4 Å². The van der Waals surface area contributed by atoms with Crippen LogP contribution in [0, 0.1) is 0 Å². The van der Waals surface area contributed by atoms with Crippen LogP contribution in [-0.4, -0.2) is 133 Å². The highest BCUT2D eigenvalue weighted by Crippen LogP contribution is 2.14. The normalized spacial score (nSPS) is 10.2. The van der Waals surface area contributed by atoms with Crippen LogP contribution in [0.4, 0.5) is 0 Å². The van der Waals surface area contributed by atoms with Gasteiger partial charge in [-0.2, -0.15) is 0 Å². The average Bonchev–Trinajstić information content (AvgIpc) is 3.73. The lowest BCUT2D eigenvalue weighted by molar-refractivity contribution is 0.0829. The summed E-state index contributed by atoms with van der Waals surface area (Å²) in [6.07, 6.45) is 3.12. The molecule has 0 atom stereocenters. The molecular formula is C66H81ClN6O15. The number of nitrogens with two attached hydrogens (primary N) is 4. The maximum absolute atomic E-state index is 12.2. The summed E-state index contributed by atoms with van der Waals surface area (Å²) in [5.74, 6) is 7.46. The molecule has 2 amide bonds. The van der Waals surface area contributed by atoms with Crippen molar-refractivity contribution in [1.82, 2.24) is 10.6 Å². The molecule has 13 N–H and O–H groups in total. The summed E-state index contributed by atoms with van der Waals surface area (Å²) in [7, 11) is 0. The first kappa shape index (κ1) is 75.9. The third-order valence-corrected chi connectivity index (χ3v) is 12.7. The van der Waals surface area contributed by atoms with Gasteiger partial charge in [0.1, 0.15) is 0 Å². The van der Waals surface area contributed by atoms with E-state index < -0.39 is 5.24 Å². The zero-order chi connectivity index (χ0) is 65.1. The van der Waals surface area contributed by atoms with Crippen molar-refractivity contribution in [2.75, 3.05) is 66.0 Å². The maximum Gasteiger partial charge on any atom is 0.252 e. The number of benzene rings is 6. The number of hydrogen-bond donors (Lipinski definition) is 9. The minimum absolute atomic E-state index is 0.0182. The Hall–Kier alpha value is -8.16. The number of halogens is 1. The fraction of sp³-hybridized carbons (Fsp3) is 0.318. The van der Waals surface area contributed by atoms with Gasteiger partial charge in [0.15, 0.2) is 34.7 Å². The second-order valence-corrected chi connectivity index (χ2v) is 19.3. The number of aliphatic hydroxyl groups excluding tert-OH is 3. The molecule has 0 aliphatic heterocycles. The van der Waals surface area contributed by atoms with E-state index >= 15 is 0 Å². The van der Waals surface area contributed by atoms with Crippen LogP contribution < -0.4 is 33.8 Å². The standard InChI is InChI=1S/C22H26N2O5.C22H25NO5.C13H19NO3.C9H7ClO2.H4N2/c23-14-21(27)18-7-9-19(10-8-18)22(28)24-15-16-3-5-17(6-4-16)20(26)2-1-12-29-13-11-25;1-16(25)18-8-10-20(11-9-18)22(27)23-15-17-4-6-19(7-5-17)21(26)3-2-13-28-14-12-24;14-10-11-3-5-12(6-4-11)13(16)2-1-8-17-9-7-15;1-6(11)7-2-4-8(5-3-7)9(10)12;1-2/h3-10,25H,1-2,11-15,23H2,(H,24,28);4-11,24H,2-3,12-15H2,1H3,(H,23,27);3-6,15H,1-2,7-10,14H2;2-5H,1H3;1-2H2.